The molecule has 9 heteroatoms. The van der Waals surface area contributed by atoms with Gasteiger partial charge in [-0.2, -0.15) is 0 Å². The third kappa shape index (κ3) is 5.66. The molecule has 2 heterocycles. The van der Waals surface area contributed by atoms with Crippen molar-refractivity contribution < 1.29 is 8.42 Å². The van der Waals surface area contributed by atoms with Crippen LogP contribution in [-0.4, -0.2) is 41.7 Å². The number of guanidine groups is 1. The molecule has 0 saturated heterocycles. The van der Waals surface area contributed by atoms with Crippen LogP contribution in [0.2, 0.25) is 0 Å². The summed E-state index contributed by atoms with van der Waals surface area (Å²) in [6.45, 7) is 5.56. The van der Waals surface area contributed by atoms with Crippen LogP contribution in [0, 0.1) is 6.92 Å². The molecular weight excluding hydrogens is 400 g/mol. The van der Waals surface area contributed by atoms with Crippen LogP contribution in [0.4, 0.5) is 0 Å². The molecule has 3 rings (SSSR count). The van der Waals surface area contributed by atoms with Crippen molar-refractivity contribution in [1.29, 1.82) is 0 Å². The second-order valence-corrected chi connectivity index (χ2v) is 8.90. The summed E-state index contributed by atoms with van der Waals surface area (Å²) in [6, 6.07) is 9.27. The first-order valence-electron chi connectivity index (χ1n) is 9.62. The molecule has 30 heavy (non-hydrogen) atoms. The minimum Gasteiger partial charge on any atom is -0.357 e. The second-order valence-electron chi connectivity index (χ2n) is 6.92. The van der Waals surface area contributed by atoms with Crippen molar-refractivity contribution in [3.63, 3.8) is 0 Å². The normalized spacial score (nSPS) is 12.0. The van der Waals surface area contributed by atoms with E-state index in [0.717, 1.165) is 29.1 Å². The summed E-state index contributed by atoms with van der Waals surface area (Å²) in [5, 5.41) is 6.50. The second kappa shape index (κ2) is 9.53. The highest BCUT2D eigenvalue weighted by Gasteiger charge is 2.11. The van der Waals surface area contributed by atoms with Crippen LogP contribution in [0.3, 0.4) is 0 Å². The average molecular weight is 427 g/mol. The Morgan fingerprint density at radius 1 is 1.17 bits per heavy atom. The van der Waals surface area contributed by atoms with E-state index in [1.54, 1.807) is 31.7 Å². The number of sulfone groups is 1. The van der Waals surface area contributed by atoms with Gasteiger partial charge < -0.3 is 10.6 Å². The van der Waals surface area contributed by atoms with E-state index >= 15 is 0 Å². The van der Waals surface area contributed by atoms with Crippen LogP contribution in [0.25, 0.3) is 5.82 Å². The molecule has 0 saturated carbocycles. The van der Waals surface area contributed by atoms with Crippen molar-refractivity contribution in [3.05, 3.63) is 71.9 Å². The number of pyridine rings is 1. The molecule has 2 N–H and O–H groups in total. The Balaban J connectivity index is 1.64. The lowest BCUT2D eigenvalue weighted by Gasteiger charge is -2.13. The third-order valence-electron chi connectivity index (χ3n) is 4.44. The van der Waals surface area contributed by atoms with E-state index in [2.05, 4.69) is 25.6 Å². The fraction of sp³-hybridized carbons (Fsp3) is 0.286. The van der Waals surface area contributed by atoms with E-state index in [0.29, 0.717) is 23.9 Å². The monoisotopic (exact) mass is 426 g/mol. The molecule has 0 spiro atoms. The van der Waals surface area contributed by atoms with Gasteiger partial charge in [0.1, 0.15) is 12.1 Å². The van der Waals surface area contributed by atoms with Gasteiger partial charge in [0, 0.05) is 37.9 Å². The number of rotatable bonds is 7. The van der Waals surface area contributed by atoms with Gasteiger partial charge in [0.15, 0.2) is 15.8 Å². The highest BCUT2D eigenvalue weighted by atomic mass is 32.2. The molecule has 8 nitrogen and oxygen atoms in total. The Bertz CT molecular complexity index is 1110. The maximum atomic E-state index is 11.8. The predicted octanol–water partition coefficient (Wildman–Crippen LogP) is 2.23. The summed E-state index contributed by atoms with van der Waals surface area (Å²) < 4.78 is 25.4. The molecule has 0 bridgehead atoms. The standard InChI is InChI=1S/C21H26N6O2S/c1-4-23-21(25-12-17-5-7-19(16(2)11-17)30(3,28)29)26-14-18-6-8-20(24-13-18)27-10-9-22-15-27/h5-11,13,15H,4,12,14H2,1-3H3,(H2,23,25,26). The van der Waals surface area contributed by atoms with E-state index in [9.17, 15) is 8.42 Å². The first-order chi connectivity index (χ1) is 14.4. The largest absolute Gasteiger partial charge is 0.357 e. The summed E-state index contributed by atoms with van der Waals surface area (Å²) in [5.74, 6) is 1.49. The van der Waals surface area contributed by atoms with Crippen LogP contribution in [0.1, 0.15) is 23.6 Å². The lowest BCUT2D eigenvalue weighted by atomic mass is 10.1. The number of nitrogens with zero attached hydrogens (tertiary/aromatic N) is 4. The Kier molecular flexibility index (Phi) is 6.83. The van der Waals surface area contributed by atoms with Gasteiger partial charge in [-0.25, -0.2) is 23.4 Å². The van der Waals surface area contributed by atoms with Crippen LogP contribution in [0.5, 0.6) is 0 Å². The summed E-state index contributed by atoms with van der Waals surface area (Å²) in [4.78, 5) is 13.4. The van der Waals surface area contributed by atoms with Crippen molar-refractivity contribution in [2.75, 3.05) is 12.8 Å². The van der Waals surface area contributed by atoms with Crippen molar-refractivity contribution in [2.24, 2.45) is 4.99 Å². The summed E-state index contributed by atoms with van der Waals surface area (Å²) in [5.41, 5.74) is 2.71. The molecule has 3 aromatic rings. The highest BCUT2D eigenvalue weighted by Crippen LogP contribution is 2.16. The molecule has 158 valence electrons. The maximum absolute atomic E-state index is 11.8. The number of aliphatic imine (C=N–C) groups is 1. The first-order valence-corrected chi connectivity index (χ1v) is 11.5. The molecule has 0 radical (unpaired) electrons. The first kappa shape index (κ1) is 21.5. The van der Waals surface area contributed by atoms with Crippen LogP contribution < -0.4 is 10.6 Å². The highest BCUT2D eigenvalue weighted by molar-refractivity contribution is 7.90. The van der Waals surface area contributed by atoms with Crippen molar-refractivity contribution in [3.8, 4) is 5.82 Å². The summed E-state index contributed by atoms with van der Waals surface area (Å²) in [7, 11) is -3.21. The summed E-state index contributed by atoms with van der Waals surface area (Å²) in [6.07, 6.45) is 8.29. The van der Waals surface area contributed by atoms with Crippen LogP contribution >= 0.6 is 0 Å². The van der Waals surface area contributed by atoms with Gasteiger partial charge in [0.2, 0.25) is 0 Å². The molecule has 1 aromatic carbocycles. The molecule has 0 unspecified atom stereocenters. The zero-order valence-electron chi connectivity index (χ0n) is 17.3. The fourth-order valence-electron chi connectivity index (χ4n) is 2.99. The molecular formula is C21H26N6O2S. The molecule has 0 aliphatic carbocycles. The van der Waals surface area contributed by atoms with E-state index in [-0.39, 0.29) is 0 Å². The van der Waals surface area contributed by atoms with Crippen molar-refractivity contribution >= 4 is 15.8 Å². The van der Waals surface area contributed by atoms with Crippen molar-refractivity contribution in [2.45, 2.75) is 31.8 Å². The Labute approximate surface area is 177 Å². The Morgan fingerprint density at radius 3 is 2.57 bits per heavy atom. The number of hydrogen-bond donors (Lipinski definition) is 2. The fourth-order valence-corrected chi connectivity index (χ4v) is 3.95. The molecule has 0 aliphatic heterocycles. The molecule has 0 aliphatic rings. The lowest BCUT2D eigenvalue weighted by molar-refractivity contribution is 0.601. The average Bonchev–Trinajstić information content (AvgIpc) is 3.24. The number of imidazole rings is 1. The number of aromatic nitrogens is 3. The van der Waals surface area contributed by atoms with Gasteiger partial charge in [-0.15, -0.1) is 0 Å². The van der Waals surface area contributed by atoms with Gasteiger partial charge >= 0.3 is 0 Å². The molecule has 0 amide bonds. The topological polar surface area (TPSA) is 101 Å². The third-order valence-corrected chi connectivity index (χ3v) is 5.70. The van der Waals surface area contributed by atoms with Gasteiger partial charge in [-0.05, 0) is 42.7 Å². The van der Waals surface area contributed by atoms with Crippen LogP contribution in [0.15, 0.2) is 65.1 Å². The zero-order valence-corrected chi connectivity index (χ0v) is 18.1. The van der Waals surface area contributed by atoms with Gasteiger partial charge in [0.25, 0.3) is 0 Å². The Morgan fingerprint density at radius 2 is 1.97 bits per heavy atom. The SMILES string of the molecule is CCNC(=NCc1ccc(-n2ccnc2)nc1)NCc1ccc(S(C)(=O)=O)c(C)c1. The maximum Gasteiger partial charge on any atom is 0.191 e. The number of hydrogen-bond acceptors (Lipinski definition) is 5. The number of aryl methyl sites for hydroxylation is 1. The quantitative estimate of drug-likeness (QED) is 0.444. The summed E-state index contributed by atoms with van der Waals surface area (Å²) >= 11 is 0. The number of benzene rings is 1. The lowest BCUT2D eigenvalue weighted by Crippen LogP contribution is -2.36. The Hall–Kier alpha value is -3.20. The van der Waals surface area contributed by atoms with Gasteiger partial charge in [-0.3, -0.25) is 4.57 Å². The van der Waals surface area contributed by atoms with E-state index in [1.165, 1.54) is 6.26 Å². The van der Waals surface area contributed by atoms with Gasteiger partial charge in [-0.1, -0.05) is 18.2 Å². The minimum absolute atomic E-state index is 0.360. The number of nitrogens with one attached hydrogen (secondary N) is 2. The van der Waals surface area contributed by atoms with E-state index < -0.39 is 9.84 Å². The van der Waals surface area contributed by atoms with Crippen molar-refractivity contribution in [1.82, 2.24) is 25.2 Å². The predicted molar refractivity (Wildman–Crippen MR) is 117 cm³/mol. The molecule has 2 aromatic heterocycles. The van der Waals surface area contributed by atoms with E-state index in [4.69, 9.17) is 0 Å². The smallest absolute Gasteiger partial charge is 0.191 e. The molecule has 0 fully saturated rings. The van der Waals surface area contributed by atoms with E-state index in [1.807, 2.05) is 42.0 Å². The van der Waals surface area contributed by atoms with Crippen LogP contribution in [-0.2, 0) is 22.9 Å². The molecule has 0 atom stereocenters. The van der Waals surface area contributed by atoms with Gasteiger partial charge in [0.05, 0.1) is 11.4 Å². The zero-order chi connectivity index (χ0) is 21.6. The minimum atomic E-state index is -3.21.